The Morgan fingerprint density at radius 2 is 1.87 bits per heavy atom. The van der Waals surface area contributed by atoms with Crippen molar-refractivity contribution in [3.63, 3.8) is 0 Å². The van der Waals surface area contributed by atoms with Crippen LogP contribution in [0.3, 0.4) is 0 Å². The molecule has 30 heavy (non-hydrogen) atoms. The molecule has 4 aliphatic heterocycles. The minimum Gasteiger partial charge on any atom is -0.323 e. The summed E-state index contributed by atoms with van der Waals surface area (Å²) in [6, 6.07) is 12.6. The molecule has 1 spiro atoms. The van der Waals surface area contributed by atoms with Gasteiger partial charge < -0.3 is 5.32 Å². The first kappa shape index (κ1) is 18.1. The number of hydrogen-bond donors (Lipinski definition) is 1. The average Bonchev–Trinajstić information content (AvgIpc) is 3.42. The van der Waals surface area contributed by atoms with Gasteiger partial charge in [-0.15, -0.1) is 0 Å². The molecule has 2 aromatic carbocycles. The number of anilines is 2. The maximum absolute atomic E-state index is 13.8. The van der Waals surface area contributed by atoms with Gasteiger partial charge in [0.15, 0.2) is 0 Å². The number of fused-ring (bicyclic) bond motifs is 7. The third-order valence-corrected chi connectivity index (χ3v) is 7.51. The largest absolute Gasteiger partial charge is 0.323 e. The van der Waals surface area contributed by atoms with Crippen LogP contribution in [0.2, 0.25) is 5.02 Å². The van der Waals surface area contributed by atoms with Gasteiger partial charge in [0.2, 0.25) is 11.8 Å². The van der Waals surface area contributed by atoms with Crippen molar-refractivity contribution in [3.05, 3.63) is 58.6 Å². The minimum atomic E-state index is -1.19. The van der Waals surface area contributed by atoms with Crippen LogP contribution < -0.4 is 10.2 Å². The van der Waals surface area contributed by atoms with Gasteiger partial charge in [0.05, 0.1) is 28.2 Å². The Hall–Kier alpha value is -2.70. The summed E-state index contributed by atoms with van der Waals surface area (Å²) in [6.07, 6.45) is 1.69. The molecule has 7 heteroatoms. The van der Waals surface area contributed by atoms with Crippen molar-refractivity contribution in [2.45, 2.75) is 31.3 Å². The predicted molar refractivity (Wildman–Crippen MR) is 112 cm³/mol. The number of halogens is 1. The number of rotatable bonds is 1. The third-order valence-electron chi connectivity index (χ3n) is 7.21. The number of imide groups is 1. The number of nitrogens with zero attached hydrogens (tertiary/aromatic N) is 2. The minimum absolute atomic E-state index is 0.129. The summed E-state index contributed by atoms with van der Waals surface area (Å²) < 4.78 is 0. The molecule has 0 radical (unpaired) electrons. The second-order valence-electron chi connectivity index (χ2n) is 8.64. The lowest BCUT2D eigenvalue weighted by Crippen LogP contribution is -2.54. The average molecular weight is 422 g/mol. The van der Waals surface area contributed by atoms with Crippen molar-refractivity contribution in [2.24, 2.45) is 11.8 Å². The number of para-hydroxylation sites is 1. The van der Waals surface area contributed by atoms with E-state index in [1.54, 1.807) is 12.1 Å². The van der Waals surface area contributed by atoms with Gasteiger partial charge in [-0.3, -0.25) is 19.3 Å². The second kappa shape index (κ2) is 5.93. The topological polar surface area (TPSA) is 69.7 Å². The zero-order valence-corrected chi connectivity index (χ0v) is 17.1. The van der Waals surface area contributed by atoms with Gasteiger partial charge in [-0.1, -0.05) is 35.9 Å². The first-order valence-corrected chi connectivity index (χ1v) is 10.7. The molecule has 0 unspecified atom stereocenters. The quantitative estimate of drug-likeness (QED) is 0.718. The van der Waals surface area contributed by atoms with Gasteiger partial charge in [0.25, 0.3) is 5.91 Å². The molecule has 0 bridgehead atoms. The van der Waals surface area contributed by atoms with Crippen LogP contribution in [0.1, 0.15) is 24.0 Å². The summed E-state index contributed by atoms with van der Waals surface area (Å²) in [7, 11) is 0. The fraction of sp³-hybridized carbons (Fsp3) is 0.348. The van der Waals surface area contributed by atoms with Crippen LogP contribution in [0, 0.1) is 18.8 Å². The fourth-order valence-corrected chi connectivity index (χ4v) is 6.55. The summed E-state index contributed by atoms with van der Waals surface area (Å²) in [6.45, 7) is 2.61. The van der Waals surface area contributed by atoms with E-state index in [2.05, 4.69) is 10.2 Å². The zero-order chi connectivity index (χ0) is 20.8. The van der Waals surface area contributed by atoms with Crippen molar-refractivity contribution in [2.75, 3.05) is 16.8 Å². The van der Waals surface area contributed by atoms with Gasteiger partial charge in [-0.25, -0.2) is 4.90 Å². The summed E-state index contributed by atoms with van der Waals surface area (Å²) in [5, 5.41) is 3.41. The molecule has 4 aliphatic rings. The van der Waals surface area contributed by atoms with E-state index in [0.717, 1.165) is 24.0 Å². The van der Waals surface area contributed by atoms with Crippen molar-refractivity contribution < 1.29 is 14.4 Å². The molecule has 0 saturated carbocycles. The van der Waals surface area contributed by atoms with E-state index >= 15 is 0 Å². The Morgan fingerprint density at radius 1 is 1.10 bits per heavy atom. The van der Waals surface area contributed by atoms with Crippen molar-refractivity contribution in [1.29, 1.82) is 0 Å². The highest BCUT2D eigenvalue weighted by atomic mass is 35.5. The van der Waals surface area contributed by atoms with Crippen LogP contribution in [-0.2, 0) is 19.9 Å². The third kappa shape index (κ3) is 1.96. The van der Waals surface area contributed by atoms with Crippen LogP contribution >= 0.6 is 11.6 Å². The molecule has 0 aliphatic carbocycles. The highest BCUT2D eigenvalue weighted by molar-refractivity contribution is 6.35. The summed E-state index contributed by atoms with van der Waals surface area (Å²) in [4.78, 5) is 44.3. The normalized spacial score (nSPS) is 32.0. The zero-order valence-electron chi connectivity index (χ0n) is 16.4. The summed E-state index contributed by atoms with van der Waals surface area (Å²) in [5.41, 5.74) is 1.59. The van der Waals surface area contributed by atoms with Gasteiger partial charge in [0.1, 0.15) is 5.54 Å². The molecule has 6 nitrogen and oxygen atoms in total. The van der Waals surface area contributed by atoms with Gasteiger partial charge >= 0.3 is 0 Å². The molecule has 3 amide bonds. The molecule has 3 fully saturated rings. The Bertz CT molecular complexity index is 1130. The number of hydrogen-bond acceptors (Lipinski definition) is 4. The van der Waals surface area contributed by atoms with Crippen LogP contribution in [0.15, 0.2) is 42.5 Å². The van der Waals surface area contributed by atoms with E-state index < -0.39 is 17.4 Å². The van der Waals surface area contributed by atoms with E-state index in [0.29, 0.717) is 22.9 Å². The Labute approximate surface area is 178 Å². The fourth-order valence-electron chi connectivity index (χ4n) is 6.23. The van der Waals surface area contributed by atoms with Gasteiger partial charge in [0, 0.05) is 11.6 Å². The SMILES string of the molecule is Cc1cc(Cl)c2c(c1)[C@]1(C(=O)N2)[C@@H]2C(=O)N(c3ccccc3)C(=O)[C@@H]2[C@H]2CCCN21. The Balaban J connectivity index is 1.59. The highest BCUT2D eigenvalue weighted by Gasteiger charge is 2.74. The highest BCUT2D eigenvalue weighted by Crippen LogP contribution is 2.61. The van der Waals surface area contributed by atoms with Crippen molar-refractivity contribution in [3.8, 4) is 0 Å². The molecule has 2 aromatic rings. The van der Waals surface area contributed by atoms with Gasteiger partial charge in [-0.05, 0) is 50.1 Å². The van der Waals surface area contributed by atoms with Crippen molar-refractivity contribution in [1.82, 2.24) is 4.90 Å². The number of nitrogens with one attached hydrogen (secondary N) is 1. The number of benzene rings is 2. The lowest BCUT2D eigenvalue weighted by molar-refractivity contribution is -0.135. The molecule has 6 rings (SSSR count). The molecular weight excluding hydrogens is 402 g/mol. The maximum Gasteiger partial charge on any atom is 0.250 e. The summed E-state index contributed by atoms with van der Waals surface area (Å²) >= 11 is 6.48. The smallest absolute Gasteiger partial charge is 0.250 e. The van der Waals surface area contributed by atoms with Crippen LogP contribution in [0.4, 0.5) is 11.4 Å². The van der Waals surface area contributed by atoms with Crippen LogP contribution in [0.25, 0.3) is 0 Å². The van der Waals surface area contributed by atoms with E-state index in [4.69, 9.17) is 11.6 Å². The molecule has 152 valence electrons. The van der Waals surface area contributed by atoms with E-state index in [1.165, 1.54) is 4.90 Å². The number of carbonyl (C=O) groups is 3. The lowest BCUT2D eigenvalue weighted by atomic mass is 9.75. The molecular formula is C23H20ClN3O3. The molecule has 4 atom stereocenters. The van der Waals surface area contributed by atoms with Crippen LogP contribution in [0.5, 0.6) is 0 Å². The Kier molecular flexibility index (Phi) is 3.58. The number of carbonyl (C=O) groups excluding carboxylic acids is 3. The molecule has 4 heterocycles. The Morgan fingerprint density at radius 3 is 2.63 bits per heavy atom. The lowest BCUT2D eigenvalue weighted by Gasteiger charge is -2.36. The summed E-state index contributed by atoms with van der Waals surface area (Å²) in [5.74, 6) is -2.04. The number of aryl methyl sites for hydroxylation is 1. The predicted octanol–water partition coefficient (Wildman–Crippen LogP) is 3.08. The number of amides is 3. The molecule has 3 saturated heterocycles. The van der Waals surface area contributed by atoms with E-state index in [1.807, 2.05) is 37.3 Å². The molecule has 0 aromatic heterocycles. The monoisotopic (exact) mass is 421 g/mol. The standard InChI is InChI=1S/C23H20ClN3O3/c1-12-10-14-19(15(24)11-12)25-22(30)23(14)18-17(16-8-5-9-26(16)23)20(28)27(21(18)29)13-6-3-2-4-7-13/h2-4,6-7,10-11,16-18H,5,8-9H2,1H3,(H,25,30)/t16-,17-,18+,23-/m1/s1. The second-order valence-corrected chi connectivity index (χ2v) is 9.05. The van der Waals surface area contributed by atoms with E-state index in [9.17, 15) is 14.4 Å². The van der Waals surface area contributed by atoms with E-state index in [-0.39, 0.29) is 23.8 Å². The van der Waals surface area contributed by atoms with Crippen LogP contribution in [-0.4, -0.2) is 35.2 Å². The molecule has 1 N–H and O–H groups in total. The first-order chi connectivity index (χ1) is 14.5. The first-order valence-electron chi connectivity index (χ1n) is 10.3. The van der Waals surface area contributed by atoms with Crippen molar-refractivity contribution >= 4 is 40.7 Å². The maximum atomic E-state index is 13.8. The van der Waals surface area contributed by atoms with Gasteiger partial charge in [-0.2, -0.15) is 0 Å².